The molecule has 0 atom stereocenters. The monoisotopic (exact) mass is 548 g/mol. The van der Waals surface area contributed by atoms with Gasteiger partial charge < -0.3 is 29.9 Å². The molecule has 0 spiro atoms. The first-order valence-corrected chi connectivity index (χ1v) is 13.9. The Morgan fingerprint density at radius 1 is 0.780 bits per heavy atom. The highest BCUT2D eigenvalue weighted by atomic mass is 16.5. The second-order valence-electron chi connectivity index (χ2n) is 9.98. The number of carbonyl (C=O) groups is 2. The van der Waals surface area contributed by atoms with E-state index in [4.69, 9.17) is 9.47 Å². The molecule has 0 saturated carbocycles. The van der Waals surface area contributed by atoms with E-state index >= 15 is 0 Å². The Bertz CT molecular complexity index is 1500. The molecule has 1 fully saturated rings. The topological polar surface area (TPSA) is 83.1 Å². The number of rotatable bonds is 6. The molecule has 0 aromatic heterocycles. The lowest BCUT2D eigenvalue weighted by atomic mass is 9.86. The van der Waals surface area contributed by atoms with E-state index in [1.54, 1.807) is 6.07 Å². The van der Waals surface area contributed by atoms with Crippen molar-refractivity contribution in [3.05, 3.63) is 108 Å². The number of ether oxygens (including phenoxy) is 2. The van der Waals surface area contributed by atoms with Gasteiger partial charge in [0.1, 0.15) is 17.2 Å². The molecular weight excluding hydrogens is 516 g/mol. The lowest BCUT2D eigenvalue weighted by molar-refractivity contribution is -0.132. The Labute approximate surface area is 239 Å². The van der Waals surface area contributed by atoms with Crippen molar-refractivity contribution in [2.24, 2.45) is 0 Å². The average Bonchev–Trinajstić information content (AvgIpc) is 3.01. The normalized spacial score (nSPS) is 14.4. The highest BCUT2D eigenvalue weighted by molar-refractivity contribution is 6.00. The van der Waals surface area contributed by atoms with Crippen molar-refractivity contribution < 1.29 is 19.1 Å². The van der Waals surface area contributed by atoms with Crippen LogP contribution in [0.2, 0.25) is 0 Å². The van der Waals surface area contributed by atoms with E-state index in [2.05, 4.69) is 15.5 Å². The van der Waals surface area contributed by atoms with Gasteiger partial charge in [0.15, 0.2) is 0 Å². The van der Waals surface area contributed by atoms with E-state index in [1.165, 1.54) is 0 Å². The van der Waals surface area contributed by atoms with Crippen molar-refractivity contribution in [1.29, 1.82) is 0 Å². The van der Waals surface area contributed by atoms with Gasteiger partial charge in [-0.1, -0.05) is 48.5 Å². The van der Waals surface area contributed by atoms with Crippen LogP contribution in [0.4, 0.5) is 21.9 Å². The fourth-order valence-corrected chi connectivity index (χ4v) is 5.44. The fourth-order valence-electron chi connectivity index (χ4n) is 5.44. The van der Waals surface area contributed by atoms with Crippen LogP contribution in [0.1, 0.15) is 24.0 Å². The van der Waals surface area contributed by atoms with E-state index in [-0.39, 0.29) is 17.9 Å². The summed E-state index contributed by atoms with van der Waals surface area (Å²) >= 11 is 0. The number of hydrogen-bond acceptors (Lipinski definition) is 5. The number of hydrogen-bond donors (Lipinski definition) is 2. The molecule has 4 aromatic carbocycles. The number of nitrogens with one attached hydrogen (secondary N) is 2. The molecule has 1 saturated heterocycles. The summed E-state index contributed by atoms with van der Waals surface area (Å²) in [5.41, 5.74) is 4.17. The van der Waals surface area contributed by atoms with Gasteiger partial charge in [0.05, 0.1) is 18.2 Å². The smallest absolute Gasteiger partial charge is 0.323 e. The predicted molar refractivity (Wildman–Crippen MR) is 160 cm³/mol. The number of piperazine rings is 1. The van der Waals surface area contributed by atoms with Crippen molar-refractivity contribution in [1.82, 2.24) is 4.90 Å². The van der Waals surface area contributed by atoms with Gasteiger partial charge in [-0.3, -0.25) is 4.79 Å². The van der Waals surface area contributed by atoms with Crippen molar-refractivity contribution in [3.63, 3.8) is 0 Å². The molecule has 3 amide bonds. The highest BCUT2D eigenvalue weighted by Gasteiger charge is 2.36. The van der Waals surface area contributed by atoms with Crippen molar-refractivity contribution in [3.8, 4) is 17.2 Å². The lowest BCUT2D eigenvalue weighted by Crippen LogP contribution is -2.50. The standard InChI is InChI=1S/C33H32N4O4/c1-2-40-30-14-8-5-11-27(30)35-33(39)34-23-15-17-24(18-16-23)36-19-21-37(22-20-36)32(38)31-25-9-3-6-12-28(25)41-29-13-7-4-10-26(29)31/h3-18,31H,2,19-22H2,1H3,(H2,34,35,39). The summed E-state index contributed by atoms with van der Waals surface area (Å²) in [5.74, 6) is 1.83. The number of anilines is 3. The van der Waals surface area contributed by atoms with E-state index in [0.717, 1.165) is 41.4 Å². The van der Waals surface area contributed by atoms with Gasteiger partial charge in [-0.05, 0) is 55.5 Å². The molecule has 0 radical (unpaired) electrons. The third kappa shape index (κ3) is 5.54. The fraction of sp³-hybridized carbons (Fsp3) is 0.212. The number of nitrogens with zero attached hydrogens (tertiary/aromatic N) is 2. The molecule has 2 heterocycles. The second kappa shape index (κ2) is 11.6. The molecule has 208 valence electrons. The molecule has 6 rings (SSSR count). The van der Waals surface area contributed by atoms with Gasteiger partial charge in [0, 0.05) is 48.7 Å². The second-order valence-corrected chi connectivity index (χ2v) is 9.98. The molecule has 0 aliphatic carbocycles. The van der Waals surface area contributed by atoms with Crippen LogP contribution in [0.3, 0.4) is 0 Å². The molecule has 0 unspecified atom stereocenters. The third-order valence-electron chi connectivity index (χ3n) is 7.44. The molecular formula is C33H32N4O4. The zero-order valence-electron chi connectivity index (χ0n) is 22.9. The van der Waals surface area contributed by atoms with E-state index in [9.17, 15) is 9.59 Å². The summed E-state index contributed by atoms with van der Waals surface area (Å²) in [4.78, 5) is 30.7. The van der Waals surface area contributed by atoms with Crippen LogP contribution < -0.4 is 25.0 Å². The zero-order valence-corrected chi connectivity index (χ0v) is 22.9. The Balaban J connectivity index is 1.07. The molecule has 8 heteroatoms. The Kier molecular flexibility index (Phi) is 7.45. The first-order valence-electron chi connectivity index (χ1n) is 13.9. The SMILES string of the molecule is CCOc1ccccc1NC(=O)Nc1ccc(N2CCN(C(=O)C3c4ccccc4Oc4ccccc43)CC2)cc1. The number of para-hydroxylation sites is 4. The minimum Gasteiger partial charge on any atom is -0.492 e. The third-order valence-corrected chi connectivity index (χ3v) is 7.44. The van der Waals surface area contributed by atoms with Crippen molar-refractivity contribution in [2.45, 2.75) is 12.8 Å². The summed E-state index contributed by atoms with van der Waals surface area (Å²) in [5, 5.41) is 5.72. The van der Waals surface area contributed by atoms with Crippen LogP contribution in [0, 0.1) is 0 Å². The number of urea groups is 1. The average molecular weight is 549 g/mol. The van der Waals surface area contributed by atoms with Gasteiger partial charge in [-0.15, -0.1) is 0 Å². The summed E-state index contributed by atoms with van der Waals surface area (Å²) in [6.45, 7) is 5.12. The maximum atomic E-state index is 13.9. The summed E-state index contributed by atoms with van der Waals surface area (Å²) < 4.78 is 11.7. The number of amides is 3. The predicted octanol–water partition coefficient (Wildman–Crippen LogP) is 6.32. The molecule has 41 heavy (non-hydrogen) atoms. The number of benzene rings is 4. The summed E-state index contributed by atoms with van der Waals surface area (Å²) in [6.07, 6.45) is 0. The minimum absolute atomic E-state index is 0.101. The van der Waals surface area contributed by atoms with E-state index < -0.39 is 0 Å². The number of fused-ring (bicyclic) bond motifs is 2. The molecule has 2 aliphatic heterocycles. The van der Waals surface area contributed by atoms with E-state index in [0.29, 0.717) is 36.8 Å². The van der Waals surface area contributed by atoms with Gasteiger partial charge in [0.2, 0.25) is 5.91 Å². The van der Waals surface area contributed by atoms with Crippen LogP contribution >= 0.6 is 0 Å². The number of carbonyl (C=O) groups excluding carboxylic acids is 2. The summed E-state index contributed by atoms with van der Waals surface area (Å²) in [7, 11) is 0. The van der Waals surface area contributed by atoms with Crippen LogP contribution in [0.5, 0.6) is 17.2 Å². The van der Waals surface area contributed by atoms with Crippen molar-refractivity contribution >= 4 is 29.0 Å². The van der Waals surface area contributed by atoms with Crippen LogP contribution in [-0.4, -0.2) is 49.6 Å². The Hall–Kier alpha value is -4.98. The Morgan fingerprint density at radius 3 is 2.05 bits per heavy atom. The lowest BCUT2D eigenvalue weighted by Gasteiger charge is -2.38. The van der Waals surface area contributed by atoms with Crippen LogP contribution in [0.15, 0.2) is 97.1 Å². The van der Waals surface area contributed by atoms with E-state index in [1.807, 2.05) is 103 Å². The first kappa shape index (κ1) is 26.3. The zero-order chi connectivity index (χ0) is 28.2. The van der Waals surface area contributed by atoms with Crippen LogP contribution in [0.25, 0.3) is 0 Å². The molecule has 8 nitrogen and oxygen atoms in total. The van der Waals surface area contributed by atoms with Gasteiger partial charge in [-0.25, -0.2) is 4.79 Å². The van der Waals surface area contributed by atoms with Crippen LogP contribution in [-0.2, 0) is 4.79 Å². The minimum atomic E-state index is -0.375. The molecule has 0 bridgehead atoms. The maximum absolute atomic E-state index is 13.9. The molecule has 2 N–H and O–H groups in total. The first-order chi connectivity index (χ1) is 20.1. The Morgan fingerprint density at radius 2 is 1.39 bits per heavy atom. The quantitative estimate of drug-likeness (QED) is 0.295. The summed E-state index contributed by atoms with van der Waals surface area (Å²) in [6, 6.07) is 30.3. The molecule has 2 aliphatic rings. The van der Waals surface area contributed by atoms with Gasteiger partial charge in [-0.2, -0.15) is 0 Å². The highest BCUT2D eigenvalue weighted by Crippen LogP contribution is 2.44. The van der Waals surface area contributed by atoms with Gasteiger partial charge in [0.25, 0.3) is 0 Å². The van der Waals surface area contributed by atoms with Crippen molar-refractivity contribution in [2.75, 3.05) is 48.3 Å². The van der Waals surface area contributed by atoms with Gasteiger partial charge >= 0.3 is 6.03 Å². The molecule has 4 aromatic rings. The maximum Gasteiger partial charge on any atom is 0.323 e. The largest absolute Gasteiger partial charge is 0.492 e.